The Morgan fingerprint density at radius 1 is 1.26 bits per heavy atom. The van der Waals surface area contributed by atoms with Crippen molar-refractivity contribution >= 4 is 21.7 Å². The summed E-state index contributed by atoms with van der Waals surface area (Å²) in [5.74, 6) is -0.301. The second kappa shape index (κ2) is 6.05. The van der Waals surface area contributed by atoms with Gasteiger partial charge in [0, 0.05) is 25.6 Å². The lowest BCUT2D eigenvalue weighted by Gasteiger charge is -2.38. The summed E-state index contributed by atoms with van der Waals surface area (Å²) in [5.41, 5.74) is 0. The minimum atomic E-state index is -3.04. The topological polar surface area (TPSA) is 84.0 Å². The van der Waals surface area contributed by atoms with Gasteiger partial charge in [-0.05, 0) is 20.3 Å². The molecule has 3 saturated heterocycles. The molecule has 7 nitrogen and oxygen atoms in total. The number of likely N-dealkylation sites (tertiary alicyclic amines) is 1. The highest BCUT2D eigenvalue weighted by Gasteiger charge is 2.44. The quantitative estimate of drug-likeness (QED) is 0.684. The first-order valence-corrected chi connectivity index (χ1v) is 10.0. The van der Waals surface area contributed by atoms with E-state index < -0.39 is 9.84 Å². The van der Waals surface area contributed by atoms with Gasteiger partial charge in [0.15, 0.2) is 9.84 Å². The standard InChI is InChI=1S/C15H24N2O5S/c1-10-8-22-11(2)6-16(10)15(19)12-5-14(18)17(7-12)13-3-4-23(20,21)9-13/h10-13H,3-9H2,1-2H3/t10-,11-,12-,13+/m1/s1. The second-order valence-electron chi connectivity index (χ2n) is 6.99. The molecule has 2 amide bonds. The Morgan fingerprint density at radius 2 is 2.00 bits per heavy atom. The number of rotatable bonds is 2. The monoisotopic (exact) mass is 344 g/mol. The number of hydrogen-bond acceptors (Lipinski definition) is 5. The number of hydrogen-bond donors (Lipinski definition) is 0. The Morgan fingerprint density at radius 3 is 2.65 bits per heavy atom. The molecule has 0 N–H and O–H groups in total. The molecule has 23 heavy (non-hydrogen) atoms. The number of carbonyl (C=O) groups is 2. The molecule has 0 bridgehead atoms. The van der Waals surface area contributed by atoms with Crippen molar-refractivity contribution in [1.29, 1.82) is 0 Å². The van der Waals surface area contributed by atoms with Crippen molar-refractivity contribution in [3.05, 3.63) is 0 Å². The van der Waals surface area contributed by atoms with Crippen LogP contribution in [0.5, 0.6) is 0 Å². The summed E-state index contributed by atoms with van der Waals surface area (Å²) in [4.78, 5) is 28.4. The third kappa shape index (κ3) is 3.38. The molecule has 3 aliphatic rings. The largest absolute Gasteiger partial charge is 0.375 e. The van der Waals surface area contributed by atoms with Crippen LogP contribution in [-0.4, -0.2) is 79.4 Å². The average molecular weight is 344 g/mol. The van der Waals surface area contributed by atoms with Crippen LogP contribution in [-0.2, 0) is 24.2 Å². The molecule has 3 heterocycles. The second-order valence-corrected chi connectivity index (χ2v) is 9.22. The number of ether oxygens (including phenoxy) is 1. The van der Waals surface area contributed by atoms with Gasteiger partial charge >= 0.3 is 0 Å². The number of morpholine rings is 1. The van der Waals surface area contributed by atoms with Crippen LogP contribution in [0.4, 0.5) is 0 Å². The highest BCUT2D eigenvalue weighted by Crippen LogP contribution is 2.28. The molecule has 3 rings (SSSR count). The van der Waals surface area contributed by atoms with Gasteiger partial charge < -0.3 is 14.5 Å². The van der Waals surface area contributed by atoms with Crippen LogP contribution < -0.4 is 0 Å². The number of nitrogens with zero attached hydrogens (tertiary/aromatic N) is 2. The molecule has 0 radical (unpaired) electrons. The van der Waals surface area contributed by atoms with E-state index in [1.807, 2.05) is 13.8 Å². The Kier molecular flexibility index (Phi) is 4.39. The first-order chi connectivity index (χ1) is 10.8. The van der Waals surface area contributed by atoms with Crippen LogP contribution in [0.25, 0.3) is 0 Å². The van der Waals surface area contributed by atoms with Gasteiger partial charge in [0.1, 0.15) is 0 Å². The Hall–Kier alpha value is -1.15. The molecule has 0 unspecified atom stereocenters. The first-order valence-electron chi connectivity index (χ1n) is 8.19. The Labute approximate surface area is 136 Å². The maximum Gasteiger partial charge on any atom is 0.228 e. The fraction of sp³-hybridized carbons (Fsp3) is 0.867. The number of sulfone groups is 1. The number of carbonyl (C=O) groups excluding carboxylic acids is 2. The van der Waals surface area contributed by atoms with Crippen molar-refractivity contribution in [2.75, 3.05) is 31.2 Å². The predicted octanol–water partition coefficient (Wildman–Crippen LogP) is -0.342. The summed E-state index contributed by atoms with van der Waals surface area (Å²) >= 11 is 0. The van der Waals surface area contributed by atoms with Crippen LogP contribution in [0.15, 0.2) is 0 Å². The minimum absolute atomic E-state index is 0.00309. The third-order valence-electron chi connectivity index (χ3n) is 5.05. The maximum absolute atomic E-state index is 12.8. The summed E-state index contributed by atoms with van der Waals surface area (Å²) in [5, 5.41) is 0. The lowest BCUT2D eigenvalue weighted by Crippen LogP contribution is -2.52. The number of amides is 2. The Balaban J connectivity index is 1.66. The van der Waals surface area contributed by atoms with Crippen molar-refractivity contribution in [3.63, 3.8) is 0 Å². The van der Waals surface area contributed by atoms with E-state index in [-0.39, 0.29) is 53.8 Å². The van der Waals surface area contributed by atoms with Crippen molar-refractivity contribution in [3.8, 4) is 0 Å². The fourth-order valence-corrected chi connectivity index (χ4v) is 5.45. The molecule has 4 atom stereocenters. The molecule has 3 fully saturated rings. The zero-order valence-corrected chi connectivity index (χ0v) is 14.4. The smallest absolute Gasteiger partial charge is 0.228 e. The molecule has 3 aliphatic heterocycles. The molecular weight excluding hydrogens is 320 g/mol. The summed E-state index contributed by atoms with van der Waals surface area (Å²) in [6, 6.07) is -0.249. The van der Waals surface area contributed by atoms with Crippen LogP contribution in [0.2, 0.25) is 0 Å². The van der Waals surface area contributed by atoms with E-state index in [4.69, 9.17) is 4.74 Å². The van der Waals surface area contributed by atoms with E-state index in [1.165, 1.54) is 0 Å². The van der Waals surface area contributed by atoms with E-state index in [1.54, 1.807) is 9.80 Å². The molecule has 130 valence electrons. The van der Waals surface area contributed by atoms with E-state index in [0.717, 1.165) is 0 Å². The van der Waals surface area contributed by atoms with E-state index in [9.17, 15) is 18.0 Å². The van der Waals surface area contributed by atoms with Gasteiger partial charge in [0.05, 0.1) is 36.2 Å². The average Bonchev–Trinajstić information content (AvgIpc) is 3.03. The van der Waals surface area contributed by atoms with Crippen LogP contribution in [0, 0.1) is 5.92 Å². The predicted molar refractivity (Wildman–Crippen MR) is 83.5 cm³/mol. The molecule has 0 aliphatic carbocycles. The Bertz CT molecular complexity index is 605. The molecule has 0 aromatic rings. The third-order valence-corrected chi connectivity index (χ3v) is 6.80. The normalized spacial score (nSPS) is 37.4. The maximum atomic E-state index is 12.8. The van der Waals surface area contributed by atoms with Crippen molar-refractivity contribution < 1.29 is 22.7 Å². The van der Waals surface area contributed by atoms with Gasteiger partial charge in [-0.25, -0.2) is 8.42 Å². The van der Waals surface area contributed by atoms with Crippen molar-refractivity contribution in [1.82, 2.24) is 9.80 Å². The first kappa shape index (κ1) is 16.7. The van der Waals surface area contributed by atoms with E-state index >= 15 is 0 Å². The van der Waals surface area contributed by atoms with Crippen molar-refractivity contribution in [2.24, 2.45) is 5.92 Å². The van der Waals surface area contributed by atoms with Gasteiger partial charge in [0.25, 0.3) is 0 Å². The molecule has 8 heteroatoms. The summed E-state index contributed by atoms with van der Waals surface area (Å²) in [6.07, 6.45) is 0.678. The highest BCUT2D eigenvalue weighted by molar-refractivity contribution is 7.91. The summed E-state index contributed by atoms with van der Waals surface area (Å²) < 4.78 is 28.8. The van der Waals surface area contributed by atoms with E-state index in [2.05, 4.69) is 0 Å². The molecule has 0 aromatic carbocycles. The van der Waals surface area contributed by atoms with Gasteiger partial charge in [-0.2, -0.15) is 0 Å². The van der Waals surface area contributed by atoms with E-state index in [0.29, 0.717) is 26.1 Å². The lowest BCUT2D eigenvalue weighted by molar-refractivity contribution is -0.147. The van der Waals surface area contributed by atoms with Gasteiger partial charge in [-0.15, -0.1) is 0 Å². The summed E-state index contributed by atoms with van der Waals surface area (Å²) in [6.45, 7) is 5.28. The molecular formula is C15H24N2O5S. The van der Waals surface area contributed by atoms with Crippen LogP contribution >= 0.6 is 0 Å². The fourth-order valence-electron chi connectivity index (χ4n) is 3.72. The zero-order chi connectivity index (χ0) is 16.8. The summed E-state index contributed by atoms with van der Waals surface area (Å²) in [7, 11) is -3.04. The lowest BCUT2D eigenvalue weighted by atomic mass is 10.0. The van der Waals surface area contributed by atoms with Gasteiger partial charge in [-0.1, -0.05) is 0 Å². The van der Waals surface area contributed by atoms with Crippen LogP contribution in [0.1, 0.15) is 26.7 Å². The van der Waals surface area contributed by atoms with Crippen LogP contribution in [0.3, 0.4) is 0 Å². The zero-order valence-electron chi connectivity index (χ0n) is 13.6. The van der Waals surface area contributed by atoms with Gasteiger partial charge in [-0.3, -0.25) is 9.59 Å². The van der Waals surface area contributed by atoms with Gasteiger partial charge in [0.2, 0.25) is 11.8 Å². The SMILES string of the molecule is C[C@@H]1CN(C(=O)[C@@H]2CC(=O)N([C@H]3CCS(=O)(=O)C3)C2)[C@H](C)CO1. The minimum Gasteiger partial charge on any atom is -0.375 e. The molecule has 0 spiro atoms. The highest BCUT2D eigenvalue weighted by atomic mass is 32.2. The molecule has 0 saturated carbocycles. The van der Waals surface area contributed by atoms with Crippen molar-refractivity contribution in [2.45, 2.75) is 44.9 Å². The molecule has 0 aromatic heterocycles.